The Kier molecular flexibility index (Phi) is 6.57. The number of aromatic nitrogens is 2. The van der Waals surface area contributed by atoms with Gasteiger partial charge in [0.2, 0.25) is 5.95 Å². The summed E-state index contributed by atoms with van der Waals surface area (Å²) in [5.41, 5.74) is 18.0. The molecule has 0 amide bonds. The van der Waals surface area contributed by atoms with Crippen LogP contribution in [0.25, 0.3) is 34.5 Å². The molecule has 0 aliphatic heterocycles. The van der Waals surface area contributed by atoms with E-state index < -0.39 is 12.0 Å². The van der Waals surface area contributed by atoms with Crippen molar-refractivity contribution in [3.8, 4) is 22.4 Å². The number of hydrogen-bond acceptors (Lipinski definition) is 5. The van der Waals surface area contributed by atoms with E-state index in [-0.39, 0.29) is 12.4 Å². The van der Waals surface area contributed by atoms with Gasteiger partial charge in [-0.1, -0.05) is 84.9 Å². The maximum absolute atomic E-state index is 11.0. The van der Waals surface area contributed by atoms with Crippen molar-refractivity contribution < 1.29 is 9.90 Å². The van der Waals surface area contributed by atoms with Crippen LogP contribution < -0.4 is 11.5 Å². The average molecular weight is 437 g/mol. The van der Waals surface area contributed by atoms with Gasteiger partial charge in [-0.15, -0.1) is 0 Å². The maximum Gasteiger partial charge on any atom is 0.320 e. The number of aliphatic carboxylic acids is 1. The molecule has 6 heteroatoms. The van der Waals surface area contributed by atoms with Crippen molar-refractivity contribution >= 4 is 24.1 Å². The molecule has 4 rings (SSSR count). The monoisotopic (exact) mass is 436 g/mol. The number of carboxylic acids is 1. The first kappa shape index (κ1) is 21.9. The number of anilines is 1. The van der Waals surface area contributed by atoms with Crippen LogP contribution in [0.5, 0.6) is 0 Å². The quantitative estimate of drug-likeness (QED) is 0.392. The van der Waals surface area contributed by atoms with Crippen molar-refractivity contribution in [3.63, 3.8) is 0 Å². The van der Waals surface area contributed by atoms with Crippen LogP contribution >= 0.6 is 0 Å². The second kappa shape index (κ2) is 9.89. The van der Waals surface area contributed by atoms with Gasteiger partial charge in [0.15, 0.2) is 0 Å². The molecular weight excluding hydrogens is 412 g/mol. The second-order valence-corrected chi connectivity index (χ2v) is 7.70. The smallest absolute Gasteiger partial charge is 0.320 e. The fourth-order valence-electron chi connectivity index (χ4n) is 3.47. The Morgan fingerprint density at radius 3 is 2.15 bits per heavy atom. The van der Waals surface area contributed by atoms with Crippen molar-refractivity contribution in [1.29, 1.82) is 0 Å². The zero-order valence-corrected chi connectivity index (χ0v) is 17.9. The van der Waals surface area contributed by atoms with Gasteiger partial charge in [-0.05, 0) is 40.8 Å². The molecule has 1 heterocycles. The van der Waals surface area contributed by atoms with Gasteiger partial charge >= 0.3 is 5.97 Å². The van der Waals surface area contributed by atoms with Gasteiger partial charge in [0.1, 0.15) is 6.04 Å². The lowest BCUT2D eigenvalue weighted by molar-refractivity contribution is -0.138. The molecule has 0 bridgehead atoms. The van der Waals surface area contributed by atoms with E-state index in [1.807, 2.05) is 60.7 Å². The fraction of sp³-hybridized carbons (Fsp3) is 0.0741. The number of nitrogen functional groups attached to an aromatic ring is 1. The van der Waals surface area contributed by atoms with Gasteiger partial charge in [-0.3, -0.25) is 4.79 Å². The molecule has 6 nitrogen and oxygen atoms in total. The third kappa shape index (κ3) is 5.70. The van der Waals surface area contributed by atoms with Crippen LogP contribution in [0.1, 0.15) is 16.8 Å². The standard InChI is InChI=1S/C27H24N4O2/c28-24(26(32)33)16-19-8-13-22(14-9-19)25-17-23(30-27(29)31-25)15-10-18-6-11-21(12-7-18)20-4-2-1-3-5-20/h1-15,17,24H,16,28H2,(H,32,33)(H2,29,30,31). The number of hydrogen-bond donors (Lipinski definition) is 3. The van der Waals surface area contributed by atoms with Crippen LogP contribution in [0.3, 0.4) is 0 Å². The highest BCUT2D eigenvalue weighted by Crippen LogP contribution is 2.22. The van der Waals surface area contributed by atoms with Crippen molar-refractivity contribution in [2.24, 2.45) is 5.73 Å². The van der Waals surface area contributed by atoms with Crippen LogP contribution in [0.2, 0.25) is 0 Å². The lowest BCUT2D eigenvalue weighted by Gasteiger charge is -2.08. The number of rotatable bonds is 7. The molecule has 0 spiro atoms. The number of carbonyl (C=O) groups is 1. The molecule has 4 aromatic rings. The SMILES string of the molecule is Nc1nc(C=Cc2ccc(-c3ccccc3)cc2)cc(-c2ccc(CC(N)C(=O)O)cc2)n1. The molecule has 1 unspecified atom stereocenters. The van der Waals surface area contributed by atoms with Crippen LogP contribution in [-0.4, -0.2) is 27.1 Å². The van der Waals surface area contributed by atoms with Crippen molar-refractivity contribution in [1.82, 2.24) is 9.97 Å². The Bertz CT molecular complexity index is 1270. The van der Waals surface area contributed by atoms with E-state index in [4.69, 9.17) is 16.6 Å². The number of benzene rings is 3. The molecule has 0 aliphatic rings. The highest BCUT2D eigenvalue weighted by Gasteiger charge is 2.12. The Morgan fingerprint density at radius 2 is 1.48 bits per heavy atom. The first-order valence-corrected chi connectivity index (χ1v) is 10.5. The van der Waals surface area contributed by atoms with E-state index >= 15 is 0 Å². The normalized spacial score (nSPS) is 12.0. The Morgan fingerprint density at radius 1 is 0.848 bits per heavy atom. The predicted octanol–water partition coefficient (Wildman–Crippen LogP) is 4.52. The van der Waals surface area contributed by atoms with Crippen LogP contribution in [0.4, 0.5) is 5.95 Å². The molecular formula is C27H24N4O2. The Balaban J connectivity index is 1.50. The third-order valence-electron chi connectivity index (χ3n) is 5.25. The fourth-order valence-corrected chi connectivity index (χ4v) is 3.47. The van der Waals surface area contributed by atoms with E-state index in [1.165, 1.54) is 5.56 Å². The molecule has 0 saturated heterocycles. The summed E-state index contributed by atoms with van der Waals surface area (Å²) in [5.74, 6) is -0.836. The largest absolute Gasteiger partial charge is 0.480 e. The number of nitrogens with two attached hydrogens (primary N) is 2. The summed E-state index contributed by atoms with van der Waals surface area (Å²) in [6, 6.07) is 26.9. The molecule has 0 fully saturated rings. The lowest BCUT2D eigenvalue weighted by Crippen LogP contribution is -2.32. The number of nitrogens with zero attached hydrogens (tertiary/aromatic N) is 2. The topological polar surface area (TPSA) is 115 Å². The van der Waals surface area contributed by atoms with Gasteiger partial charge in [0, 0.05) is 5.56 Å². The molecule has 0 radical (unpaired) electrons. The average Bonchev–Trinajstić information content (AvgIpc) is 2.84. The summed E-state index contributed by atoms with van der Waals surface area (Å²) < 4.78 is 0. The van der Waals surface area contributed by atoms with Crippen molar-refractivity contribution in [3.05, 3.63) is 102 Å². The number of carboxylic acid groups (broad SMARTS) is 1. The van der Waals surface area contributed by atoms with Gasteiger partial charge in [0.25, 0.3) is 0 Å². The van der Waals surface area contributed by atoms with Crippen LogP contribution in [-0.2, 0) is 11.2 Å². The minimum absolute atomic E-state index is 0.184. The molecule has 1 aromatic heterocycles. The zero-order valence-electron chi connectivity index (χ0n) is 17.9. The molecule has 5 N–H and O–H groups in total. The van der Waals surface area contributed by atoms with E-state index in [2.05, 4.69) is 46.4 Å². The predicted molar refractivity (Wildman–Crippen MR) is 132 cm³/mol. The highest BCUT2D eigenvalue weighted by atomic mass is 16.4. The molecule has 33 heavy (non-hydrogen) atoms. The molecule has 0 saturated carbocycles. The summed E-state index contributed by atoms with van der Waals surface area (Å²) in [6.45, 7) is 0. The van der Waals surface area contributed by atoms with Gasteiger partial charge < -0.3 is 16.6 Å². The van der Waals surface area contributed by atoms with E-state index in [0.717, 1.165) is 22.3 Å². The van der Waals surface area contributed by atoms with E-state index in [1.54, 1.807) is 0 Å². The van der Waals surface area contributed by atoms with Crippen LogP contribution in [0, 0.1) is 0 Å². The first-order valence-electron chi connectivity index (χ1n) is 10.5. The molecule has 3 aromatic carbocycles. The Labute approximate surface area is 192 Å². The molecule has 0 aliphatic carbocycles. The Hall–Kier alpha value is -4.29. The summed E-state index contributed by atoms with van der Waals surface area (Å²) in [5, 5.41) is 8.97. The van der Waals surface area contributed by atoms with Gasteiger partial charge in [-0.2, -0.15) is 0 Å². The highest BCUT2D eigenvalue weighted by molar-refractivity contribution is 5.74. The minimum atomic E-state index is -1.02. The summed E-state index contributed by atoms with van der Waals surface area (Å²) in [6.07, 6.45) is 4.15. The van der Waals surface area contributed by atoms with E-state index in [0.29, 0.717) is 11.4 Å². The first-order chi connectivity index (χ1) is 16.0. The maximum atomic E-state index is 11.0. The molecule has 164 valence electrons. The lowest BCUT2D eigenvalue weighted by atomic mass is 10.0. The zero-order chi connectivity index (χ0) is 23.2. The van der Waals surface area contributed by atoms with Gasteiger partial charge in [-0.25, -0.2) is 9.97 Å². The third-order valence-corrected chi connectivity index (χ3v) is 5.25. The summed E-state index contributed by atoms with van der Waals surface area (Å²) >= 11 is 0. The van der Waals surface area contributed by atoms with Crippen LogP contribution in [0.15, 0.2) is 84.9 Å². The minimum Gasteiger partial charge on any atom is -0.480 e. The summed E-state index contributed by atoms with van der Waals surface area (Å²) in [7, 11) is 0. The second-order valence-electron chi connectivity index (χ2n) is 7.70. The molecule has 1 atom stereocenters. The van der Waals surface area contributed by atoms with Crippen molar-refractivity contribution in [2.45, 2.75) is 12.5 Å². The van der Waals surface area contributed by atoms with Gasteiger partial charge in [0.05, 0.1) is 11.4 Å². The van der Waals surface area contributed by atoms with E-state index in [9.17, 15) is 4.79 Å². The van der Waals surface area contributed by atoms with Crippen molar-refractivity contribution in [2.75, 3.05) is 5.73 Å². The summed E-state index contributed by atoms with van der Waals surface area (Å²) in [4.78, 5) is 19.6.